The van der Waals surface area contributed by atoms with Crippen LogP contribution in [0.4, 0.5) is 5.69 Å². The smallest absolute Gasteiger partial charge is 0.293 e. The third-order valence-corrected chi connectivity index (χ3v) is 4.43. The normalized spacial score (nSPS) is 11.2. The minimum atomic E-state index is -0.362. The molecule has 120 valence electrons. The Bertz CT molecular complexity index is 1130. The maximum atomic E-state index is 12.2. The zero-order valence-electron chi connectivity index (χ0n) is 12.6. The number of amides is 1. The van der Waals surface area contributed by atoms with Crippen LogP contribution in [0.15, 0.2) is 41.6 Å². The molecule has 0 saturated carbocycles. The van der Waals surface area contributed by atoms with E-state index in [2.05, 4.69) is 20.5 Å². The van der Waals surface area contributed by atoms with E-state index in [1.807, 2.05) is 19.1 Å². The molecule has 1 aromatic carbocycles. The van der Waals surface area contributed by atoms with E-state index in [4.69, 9.17) is 0 Å². The Morgan fingerprint density at radius 3 is 3.04 bits per heavy atom. The minimum absolute atomic E-state index is 0.166. The summed E-state index contributed by atoms with van der Waals surface area (Å²) in [6, 6.07) is 7.10. The van der Waals surface area contributed by atoms with Gasteiger partial charge in [-0.05, 0) is 31.2 Å². The first-order valence-electron chi connectivity index (χ1n) is 7.17. The summed E-state index contributed by atoms with van der Waals surface area (Å²) in [5.74, 6) is -0.325. The Morgan fingerprint density at radius 2 is 2.17 bits per heavy atom. The number of nitrogens with one attached hydrogen (secondary N) is 1. The number of rotatable bonds is 3. The number of carbonyl (C=O) groups excluding carboxylic acids is 1. The van der Waals surface area contributed by atoms with Gasteiger partial charge < -0.3 is 5.32 Å². The Morgan fingerprint density at radius 1 is 1.29 bits per heavy atom. The first kappa shape index (κ1) is 14.5. The number of nitrogens with zero attached hydrogens (tertiary/aromatic N) is 5. The summed E-state index contributed by atoms with van der Waals surface area (Å²) < 4.78 is 3.49. The van der Waals surface area contributed by atoms with Crippen molar-refractivity contribution in [2.75, 3.05) is 5.32 Å². The van der Waals surface area contributed by atoms with Crippen molar-refractivity contribution in [3.05, 3.63) is 52.2 Å². The van der Waals surface area contributed by atoms with Gasteiger partial charge in [-0.2, -0.15) is 10.2 Å². The van der Waals surface area contributed by atoms with Gasteiger partial charge in [0, 0.05) is 5.69 Å². The predicted molar refractivity (Wildman–Crippen MR) is 90.2 cm³/mol. The minimum Gasteiger partial charge on any atom is -0.324 e. The van der Waals surface area contributed by atoms with Gasteiger partial charge >= 0.3 is 0 Å². The average Bonchev–Trinajstić information content (AvgIpc) is 3.15. The van der Waals surface area contributed by atoms with E-state index in [1.165, 1.54) is 17.0 Å². The fourth-order valence-corrected chi connectivity index (χ4v) is 3.30. The second-order valence-corrected chi connectivity index (χ2v) is 6.45. The van der Waals surface area contributed by atoms with Crippen LogP contribution >= 0.6 is 11.3 Å². The fraction of sp³-hybridized carbons (Fsp3) is 0.133. The van der Waals surface area contributed by atoms with Crippen molar-refractivity contribution in [1.29, 1.82) is 0 Å². The van der Waals surface area contributed by atoms with Gasteiger partial charge in [-0.25, -0.2) is 14.2 Å². The van der Waals surface area contributed by atoms with Crippen LogP contribution in [0.25, 0.3) is 15.7 Å². The molecule has 8 nitrogen and oxygen atoms in total. The standard InChI is InChI=1S/C15H12N6O2S/c1-9-18-11-3-2-10(6-13(11)24-9)19-14(22)7-20-15(23)12-4-5-16-21(12)8-17-20/h2-6,8H,7H2,1H3,(H,19,22). The van der Waals surface area contributed by atoms with Crippen LogP contribution < -0.4 is 10.9 Å². The predicted octanol–water partition coefficient (Wildman–Crippen LogP) is 1.45. The van der Waals surface area contributed by atoms with Crippen LogP contribution in [-0.2, 0) is 11.3 Å². The molecular formula is C15H12N6O2S. The molecule has 1 amide bonds. The molecular weight excluding hydrogens is 328 g/mol. The van der Waals surface area contributed by atoms with Crippen LogP contribution in [0.3, 0.4) is 0 Å². The lowest BCUT2D eigenvalue weighted by molar-refractivity contribution is -0.117. The van der Waals surface area contributed by atoms with Gasteiger partial charge in [-0.15, -0.1) is 11.3 Å². The van der Waals surface area contributed by atoms with Gasteiger partial charge in [-0.3, -0.25) is 9.59 Å². The van der Waals surface area contributed by atoms with E-state index in [0.29, 0.717) is 11.2 Å². The first-order valence-corrected chi connectivity index (χ1v) is 7.98. The SMILES string of the molecule is Cc1nc2ccc(NC(=O)Cn3ncn4nccc4c3=O)cc2s1. The zero-order valence-corrected chi connectivity index (χ0v) is 13.4. The number of aryl methyl sites for hydroxylation is 1. The molecule has 0 aliphatic heterocycles. The molecule has 24 heavy (non-hydrogen) atoms. The molecule has 0 aliphatic rings. The Balaban J connectivity index is 1.56. The number of benzene rings is 1. The van der Waals surface area contributed by atoms with Crippen LogP contribution in [0.1, 0.15) is 5.01 Å². The van der Waals surface area contributed by atoms with E-state index in [9.17, 15) is 9.59 Å². The second-order valence-electron chi connectivity index (χ2n) is 5.22. The molecule has 0 radical (unpaired) electrons. The summed E-state index contributed by atoms with van der Waals surface area (Å²) in [6.07, 6.45) is 2.91. The summed E-state index contributed by atoms with van der Waals surface area (Å²) in [5, 5.41) is 11.6. The Hall–Kier alpha value is -3.07. The highest BCUT2D eigenvalue weighted by atomic mass is 32.1. The molecule has 0 saturated heterocycles. The van der Waals surface area contributed by atoms with E-state index in [-0.39, 0.29) is 18.0 Å². The van der Waals surface area contributed by atoms with Crippen molar-refractivity contribution in [3.63, 3.8) is 0 Å². The van der Waals surface area contributed by atoms with Crippen molar-refractivity contribution in [3.8, 4) is 0 Å². The average molecular weight is 340 g/mol. The van der Waals surface area contributed by atoms with Gasteiger partial charge in [0.2, 0.25) is 5.91 Å². The fourth-order valence-electron chi connectivity index (χ4n) is 2.44. The van der Waals surface area contributed by atoms with Crippen molar-refractivity contribution in [2.24, 2.45) is 0 Å². The number of aromatic nitrogens is 5. The highest BCUT2D eigenvalue weighted by Crippen LogP contribution is 2.24. The van der Waals surface area contributed by atoms with Gasteiger partial charge in [0.25, 0.3) is 5.56 Å². The maximum absolute atomic E-state index is 12.2. The van der Waals surface area contributed by atoms with Crippen molar-refractivity contribution in [1.82, 2.24) is 24.4 Å². The Labute approximate surface area is 139 Å². The lowest BCUT2D eigenvalue weighted by atomic mass is 10.3. The summed E-state index contributed by atoms with van der Waals surface area (Å²) in [6.45, 7) is 1.77. The molecule has 3 heterocycles. The largest absolute Gasteiger partial charge is 0.324 e. The number of hydrogen-bond donors (Lipinski definition) is 1. The third kappa shape index (κ3) is 2.54. The highest BCUT2D eigenvalue weighted by Gasteiger charge is 2.10. The summed E-state index contributed by atoms with van der Waals surface area (Å²) >= 11 is 1.56. The zero-order chi connectivity index (χ0) is 16.7. The number of fused-ring (bicyclic) bond motifs is 2. The van der Waals surface area contributed by atoms with E-state index in [1.54, 1.807) is 23.5 Å². The lowest BCUT2D eigenvalue weighted by Gasteiger charge is -2.06. The summed E-state index contributed by atoms with van der Waals surface area (Å²) in [7, 11) is 0. The topological polar surface area (TPSA) is 94.2 Å². The van der Waals surface area contributed by atoms with Gasteiger partial charge in [0.1, 0.15) is 18.4 Å². The third-order valence-electron chi connectivity index (χ3n) is 3.50. The molecule has 4 rings (SSSR count). The highest BCUT2D eigenvalue weighted by molar-refractivity contribution is 7.18. The van der Waals surface area contributed by atoms with Crippen molar-refractivity contribution < 1.29 is 4.79 Å². The Kier molecular flexibility index (Phi) is 3.35. The monoisotopic (exact) mass is 340 g/mol. The quantitative estimate of drug-likeness (QED) is 0.609. The van der Waals surface area contributed by atoms with Crippen LogP contribution in [-0.4, -0.2) is 30.3 Å². The van der Waals surface area contributed by atoms with E-state index in [0.717, 1.165) is 19.9 Å². The molecule has 1 N–H and O–H groups in total. The number of hydrogen-bond acceptors (Lipinski definition) is 6. The van der Waals surface area contributed by atoms with Crippen molar-refractivity contribution >= 4 is 38.7 Å². The lowest BCUT2D eigenvalue weighted by Crippen LogP contribution is -2.30. The molecule has 0 bridgehead atoms. The number of carbonyl (C=O) groups is 1. The first-order chi connectivity index (χ1) is 11.6. The molecule has 0 spiro atoms. The second kappa shape index (κ2) is 5.53. The molecule has 9 heteroatoms. The molecule has 3 aromatic heterocycles. The molecule has 0 fully saturated rings. The molecule has 0 unspecified atom stereocenters. The van der Waals surface area contributed by atoms with Crippen LogP contribution in [0.5, 0.6) is 0 Å². The number of anilines is 1. The van der Waals surface area contributed by atoms with Gasteiger partial charge in [0.05, 0.1) is 21.4 Å². The van der Waals surface area contributed by atoms with Crippen LogP contribution in [0.2, 0.25) is 0 Å². The molecule has 0 atom stereocenters. The molecule has 0 aliphatic carbocycles. The van der Waals surface area contributed by atoms with Crippen LogP contribution in [0, 0.1) is 6.92 Å². The van der Waals surface area contributed by atoms with Crippen molar-refractivity contribution in [2.45, 2.75) is 13.5 Å². The van der Waals surface area contributed by atoms with E-state index >= 15 is 0 Å². The molecule has 4 aromatic rings. The van der Waals surface area contributed by atoms with E-state index < -0.39 is 0 Å². The summed E-state index contributed by atoms with van der Waals surface area (Å²) in [5.41, 5.74) is 1.58. The number of thiazole rings is 1. The summed E-state index contributed by atoms with van der Waals surface area (Å²) in [4.78, 5) is 28.8. The van der Waals surface area contributed by atoms with Gasteiger partial charge in [-0.1, -0.05) is 0 Å². The van der Waals surface area contributed by atoms with Gasteiger partial charge in [0.15, 0.2) is 0 Å². The maximum Gasteiger partial charge on any atom is 0.293 e.